The van der Waals surface area contributed by atoms with Crippen molar-refractivity contribution in [3.05, 3.63) is 41.3 Å². The van der Waals surface area contributed by atoms with Crippen molar-refractivity contribution in [2.24, 2.45) is 11.8 Å². The number of oxazole rings is 1. The Balaban J connectivity index is 1.46. The van der Waals surface area contributed by atoms with E-state index in [4.69, 9.17) is 4.42 Å². The van der Waals surface area contributed by atoms with Gasteiger partial charge in [-0.25, -0.2) is 13.4 Å². The molecule has 0 spiro atoms. The fourth-order valence-electron chi connectivity index (χ4n) is 4.40. The quantitative estimate of drug-likeness (QED) is 0.576. The van der Waals surface area contributed by atoms with Gasteiger partial charge in [-0.2, -0.15) is 0 Å². The van der Waals surface area contributed by atoms with Gasteiger partial charge in [0.1, 0.15) is 11.5 Å². The van der Waals surface area contributed by atoms with Crippen LogP contribution in [0, 0.1) is 25.7 Å². The van der Waals surface area contributed by atoms with E-state index in [1.54, 1.807) is 6.92 Å². The van der Waals surface area contributed by atoms with Crippen LogP contribution in [0.1, 0.15) is 43.7 Å². The second kappa shape index (κ2) is 10.6. The summed E-state index contributed by atoms with van der Waals surface area (Å²) >= 11 is 0. The number of nitrogens with zero attached hydrogens (tertiary/aromatic N) is 2. The van der Waals surface area contributed by atoms with E-state index in [0.29, 0.717) is 35.7 Å². The highest BCUT2D eigenvalue weighted by molar-refractivity contribution is 7.91. The summed E-state index contributed by atoms with van der Waals surface area (Å²) in [6.45, 7) is 11.8. The minimum absolute atomic E-state index is 0.314. The molecule has 2 aromatic rings. The van der Waals surface area contributed by atoms with Crippen molar-refractivity contribution in [3.8, 4) is 11.5 Å². The lowest BCUT2D eigenvalue weighted by atomic mass is 9.92. The van der Waals surface area contributed by atoms with Gasteiger partial charge in [-0.05, 0) is 57.2 Å². The van der Waals surface area contributed by atoms with Crippen LogP contribution in [0.25, 0.3) is 11.5 Å². The van der Waals surface area contributed by atoms with E-state index < -0.39 is 21.5 Å². The maximum absolute atomic E-state index is 12.6. The van der Waals surface area contributed by atoms with Gasteiger partial charge in [0.2, 0.25) is 11.8 Å². The number of benzene rings is 1. The first-order valence-electron chi connectivity index (χ1n) is 11.3. The van der Waals surface area contributed by atoms with Crippen LogP contribution in [0.3, 0.4) is 0 Å². The average Bonchev–Trinajstić information content (AvgIpc) is 3.04. The molecule has 1 fully saturated rings. The molecule has 3 rings (SSSR count). The first kappa shape index (κ1) is 24.5. The lowest BCUT2D eigenvalue weighted by Crippen LogP contribution is -2.40. The number of sulfone groups is 1. The van der Waals surface area contributed by atoms with Crippen molar-refractivity contribution in [1.82, 2.24) is 15.2 Å². The fourth-order valence-corrected chi connectivity index (χ4v) is 5.68. The van der Waals surface area contributed by atoms with Gasteiger partial charge >= 0.3 is 0 Å². The van der Waals surface area contributed by atoms with E-state index in [0.717, 1.165) is 37.2 Å². The van der Waals surface area contributed by atoms with Crippen molar-refractivity contribution in [1.29, 1.82) is 0 Å². The Morgan fingerprint density at radius 1 is 1.16 bits per heavy atom. The smallest absolute Gasteiger partial charge is 0.235 e. The van der Waals surface area contributed by atoms with Crippen molar-refractivity contribution < 1.29 is 17.6 Å². The van der Waals surface area contributed by atoms with E-state index >= 15 is 0 Å². The fraction of sp³-hybridized carbons (Fsp3) is 0.583. The lowest BCUT2D eigenvalue weighted by Gasteiger charge is -2.34. The molecular formula is C24H35N3O4S. The van der Waals surface area contributed by atoms with Crippen LogP contribution in [0.4, 0.5) is 0 Å². The van der Waals surface area contributed by atoms with Gasteiger partial charge in [0.05, 0.1) is 11.4 Å². The maximum Gasteiger partial charge on any atom is 0.235 e. The molecule has 1 amide bonds. The van der Waals surface area contributed by atoms with E-state index in [9.17, 15) is 13.2 Å². The van der Waals surface area contributed by atoms with E-state index in [1.165, 1.54) is 6.42 Å². The number of likely N-dealkylation sites (tertiary alicyclic amines) is 1. The molecule has 0 unspecified atom stereocenters. The normalized spacial score (nSPS) is 19.8. The monoisotopic (exact) mass is 461 g/mol. The Bertz CT molecular complexity index is 1000. The number of nitrogens with one attached hydrogen (secondary N) is 1. The Hall–Kier alpha value is -2.19. The highest BCUT2D eigenvalue weighted by atomic mass is 32.2. The topological polar surface area (TPSA) is 92.5 Å². The predicted molar refractivity (Wildman–Crippen MR) is 126 cm³/mol. The molecule has 2 atom stereocenters. The molecule has 7 nitrogen and oxygen atoms in total. The van der Waals surface area contributed by atoms with Gasteiger partial charge < -0.3 is 14.6 Å². The number of aryl methyl sites for hydroxylation is 2. The van der Waals surface area contributed by atoms with Crippen LogP contribution < -0.4 is 5.32 Å². The average molecular weight is 462 g/mol. The highest BCUT2D eigenvalue weighted by Gasteiger charge is 2.23. The van der Waals surface area contributed by atoms with Crippen LogP contribution in [-0.4, -0.2) is 56.1 Å². The summed E-state index contributed by atoms with van der Waals surface area (Å²) in [5, 5.41) is 2.75. The summed E-state index contributed by atoms with van der Waals surface area (Å²) < 4.78 is 30.8. The molecule has 8 heteroatoms. The number of carbonyl (C=O) groups is 1. The number of carbonyl (C=O) groups excluding carboxylic acids is 1. The van der Waals surface area contributed by atoms with Crippen molar-refractivity contribution in [2.45, 2.75) is 46.3 Å². The van der Waals surface area contributed by atoms with Crippen LogP contribution in [-0.2, 0) is 20.4 Å². The first-order chi connectivity index (χ1) is 15.1. The van der Waals surface area contributed by atoms with E-state index in [-0.39, 0.29) is 5.75 Å². The minimum Gasteiger partial charge on any atom is -0.441 e. The molecule has 0 radical (unpaired) electrons. The molecule has 2 heterocycles. The molecule has 1 N–H and O–H groups in total. The van der Waals surface area contributed by atoms with Gasteiger partial charge in [0, 0.05) is 25.2 Å². The zero-order chi connectivity index (χ0) is 23.3. The molecule has 32 heavy (non-hydrogen) atoms. The largest absolute Gasteiger partial charge is 0.441 e. The second-order valence-electron chi connectivity index (χ2n) is 9.33. The van der Waals surface area contributed by atoms with Crippen LogP contribution in [0.15, 0.2) is 28.7 Å². The number of aromatic nitrogens is 1. The standard InChI is InChI=1S/C24H35N3O4S/c1-17-6-8-21(9-7-17)24-26-22(20(4)31-24)15-32(29,30)16-23(28)25-10-5-11-27-13-18(2)12-19(3)14-27/h6-9,18-19H,5,10-16H2,1-4H3,(H,25,28)/t18-,19-/m0/s1. The van der Waals surface area contributed by atoms with Crippen LogP contribution >= 0.6 is 0 Å². The molecule has 1 aromatic carbocycles. The van der Waals surface area contributed by atoms with Gasteiger partial charge in [-0.1, -0.05) is 31.5 Å². The molecule has 0 bridgehead atoms. The Morgan fingerprint density at radius 3 is 2.47 bits per heavy atom. The Morgan fingerprint density at radius 2 is 1.81 bits per heavy atom. The summed E-state index contributed by atoms with van der Waals surface area (Å²) in [5.41, 5.74) is 2.25. The number of piperidine rings is 1. The summed E-state index contributed by atoms with van der Waals surface area (Å²) in [6.07, 6.45) is 2.08. The number of amides is 1. The van der Waals surface area contributed by atoms with E-state index in [1.807, 2.05) is 31.2 Å². The Labute approximate surface area is 191 Å². The summed E-state index contributed by atoms with van der Waals surface area (Å²) in [5.74, 6) is 0.913. The SMILES string of the molecule is Cc1ccc(-c2nc(CS(=O)(=O)CC(=O)NCCCN3C[C@@H](C)C[C@H](C)C3)c(C)o2)cc1. The van der Waals surface area contributed by atoms with Gasteiger partial charge in [0.25, 0.3) is 0 Å². The van der Waals surface area contributed by atoms with Crippen LogP contribution in [0.5, 0.6) is 0 Å². The minimum atomic E-state index is -3.65. The van der Waals surface area contributed by atoms with Gasteiger partial charge in [-0.3, -0.25) is 4.79 Å². The molecule has 0 aliphatic carbocycles. The Kier molecular flexibility index (Phi) is 8.11. The molecule has 1 aromatic heterocycles. The van der Waals surface area contributed by atoms with Crippen molar-refractivity contribution in [2.75, 3.05) is 31.9 Å². The molecule has 1 aliphatic rings. The first-order valence-corrected chi connectivity index (χ1v) is 13.2. The number of rotatable bonds is 9. The number of hydrogen-bond acceptors (Lipinski definition) is 6. The molecular weight excluding hydrogens is 426 g/mol. The van der Waals surface area contributed by atoms with Crippen molar-refractivity contribution in [3.63, 3.8) is 0 Å². The zero-order valence-corrected chi connectivity index (χ0v) is 20.4. The van der Waals surface area contributed by atoms with Gasteiger partial charge in [-0.15, -0.1) is 0 Å². The molecule has 176 valence electrons. The third-order valence-electron chi connectivity index (χ3n) is 5.82. The summed E-state index contributed by atoms with van der Waals surface area (Å²) in [4.78, 5) is 19.0. The third-order valence-corrected chi connectivity index (χ3v) is 7.23. The lowest BCUT2D eigenvalue weighted by molar-refractivity contribution is -0.118. The van der Waals surface area contributed by atoms with Crippen molar-refractivity contribution >= 4 is 15.7 Å². The second-order valence-corrected chi connectivity index (χ2v) is 11.4. The predicted octanol–water partition coefficient (Wildman–Crippen LogP) is 3.36. The summed E-state index contributed by atoms with van der Waals surface area (Å²) in [7, 11) is -3.65. The van der Waals surface area contributed by atoms with Gasteiger partial charge in [0.15, 0.2) is 9.84 Å². The maximum atomic E-state index is 12.6. The van der Waals surface area contributed by atoms with Crippen LogP contribution in [0.2, 0.25) is 0 Å². The molecule has 1 saturated heterocycles. The molecule has 1 aliphatic heterocycles. The highest BCUT2D eigenvalue weighted by Crippen LogP contribution is 2.23. The number of hydrogen-bond donors (Lipinski definition) is 1. The molecule has 0 saturated carbocycles. The summed E-state index contributed by atoms with van der Waals surface area (Å²) in [6, 6.07) is 7.67. The zero-order valence-electron chi connectivity index (χ0n) is 19.6. The third kappa shape index (κ3) is 7.17. The van der Waals surface area contributed by atoms with E-state index in [2.05, 4.69) is 29.0 Å².